The Bertz CT molecular complexity index is 734. The lowest BCUT2D eigenvalue weighted by molar-refractivity contribution is 0.625. The Hall–Kier alpha value is -1.92. The van der Waals surface area contributed by atoms with Crippen LogP contribution in [0.4, 0.5) is 15.9 Å². The van der Waals surface area contributed by atoms with Crippen LogP contribution in [0, 0.1) is 5.82 Å². The van der Waals surface area contributed by atoms with Crippen LogP contribution in [0.15, 0.2) is 35.8 Å². The molecule has 1 aromatic carbocycles. The minimum Gasteiger partial charge on any atom is -0.325 e. The van der Waals surface area contributed by atoms with Crippen LogP contribution in [-0.2, 0) is 6.54 Å². The van der Waals surface area contributed by atoms with Gasteiger partial charge in [-0.2, -0.15) is 0 Å². The summed E-state index contributed by atoms with van der Waals surface area (Å²) in [5.41, 5.74) is 7.27. The van der Waals surface area contributed by atoms with Gasteiger partial charge in [0, 0.05) is 24.7 Å². The zero-order valence-electron chi connectivity index (χ0n) is 11.1. The summed E-state index contributed by atoms with van der Waals surface area (Å²) >= 11 is 1.54. The van der Waals surface area contributed by atoms with E-state index in [4.69, 9.17) is 5.73 Å². The molecule has 2 aromatic heterocycles. The van der Waals surface area contributed by atoms with Crippen molar-refractivity contribution < 1.29 is 4.39 Å². The first kappa shape index (κ1) is 13.1. The third kappa shape index (κ3) is 1.97. The van der Waals surface area contributed by atoms with Gasteiger partial charge in [0.15, 0.2) is 10.8 Å². The molecule has 2 heterocycles. The molecule has 0 aliphatic carbocycles. The standard InChI is InChI=1S/C14H15FN4S/c1-2-18(11-6-4-3-5-10(11)15)13-12(9-16)19-7-8-20-14(19)17-13/h3-8H,2,9,16H2,1H3. The van der Waals surface area contributed by atoms with Crippen LogP contribution in [0.2, 0.25) is 0 Å². The zero-order chi connectivity index (χ0) is 14.1. The number of thiazole rings is 1. The van der Waals surface area contributed by atoms with Gasteiger partial charge in [0.05, 0.1) is 11.4 Å². The molecule has 104 valence electrons. The molecule has 0 fully saturated rings. The number of anilines is 2. The van der Waals surface area contributed by atoms with Gasteiger partial charge in [0.2, 0.25) is 0 Å². The third-order valence-corrected chi connectivity index (χ3v) is 4.01. The van der Waals surface area contributed by atoms with Crippen LogP contribution in [-0.4, -0.2) is 15.9 Å². The first-order valence-electron chi connectivity index (χ1n) is 6.42. The topological polar surface area (TPSA) is 46.6 Å². The zero-order valence-corrected chi connectivity index (χ0v) is 11.9. The predicted octanol–water partition coefficient (Wildman–Crippen LogP) is 3.15. The lowest BCUT2D eigenvalue weighted by atomic mass is 10.2. The predicted molar refractivity (Wildman–Crippen MR) is 80.0 cm³/mol. The average molecular weight is 290 g/mol. The molecule has 0 saturated heterocycles. The summed E-state index contributed by atoms with van der Waals surface area (Å²) < 4.78 is 16.0. The number of hydrogen-bond acceptors (Lipinski definition) is 4. The molecule has 0 aliphatic rings. The first-order valence-corrected chi connectivity index (χ1v) is 7.30. The number of benzene rings is 1. The Morgan fingerprint density at radius 2 is 2.20 bits per heavy atom. The molecular weight excluding hydrogens is 275 g/mol. The van der Waals surface area contributed by atoms with E-state index in [9.17, 15) is 4.39 Å². The van der Waals surface area contributed by atoms with E-state index >= 15 is 0 Å². The highest BCUT2D eigenvalue weighted by atomic mass is 32.1. The van der Waals surface area contributed by atoms with Crippen molar-refractivity contribution in [2.24, 2.45) is 5.73 Å². The summed E-state index contributed by atoms with van der Waals surface area (Å²) in [5, 5.41) is 1.96. The Morgan fingerprint density at radius 3 is 2.90 bits per heavy atom. The maximum Gasteiger partial charge on any atom is 0.195 e. The summed E-state index contributed by atoms with van der Waals surface area (Å²) in [6.07, 6.45) is 1.94. The Kier molecular flexibility index (Phi) is 3.42. The molecule has 0 unspecified atom stereocenters. The van der Waals surface area contributed by atoms with Gasteiger partial charge in [-0.1, -0.05) is 12.1 Å². The van der Waals surface area contributed by atoms with Gasteiger partial charge in [-0.15, -0.1) is 11.3 Å². The monoisotopic (exact) mass is 290 g/mol. The highest BCUT2D eigenvalue weighted by molar-refractivity contribution is 7.15. The van der Waals surface area contributed by atoms with E-state index in [0.29, 0.717) is 18.8 Å². The first-order chi connectivity index (χ1) is 9.76. The molecule has 0 bridgehead atoms. The molecule has 0 radical (unpaired) electrons. The molecule has 20 heavy (non-hydrogen) atoms. The largest absolute Gasteiger partial charge is 0.325 e. The van der Waals surface area contributed by atoms with E-state index < -0.39 is 0 Å². The number of para-hydroxylation sites is 1. The van der Waals surface area contributed by atoms with Crippen LogP contribution >= 0.6 is 11.3 Å². The normalized spacial score (nSPS) is 11.2. The van der Waals surface area contributed by atoms with Gasteiger partial charge < -0.3 is 10.6 Å². The number of fused-ring (bicyclic) bond motifs is 1. The maximum atomic E-state index is 14.0. The van der Waals surface area contributed by atoms with Crippen molar-refractivity contribution in [3.05, 3.63) is 47.4 Å². The van der Waals surface area contributed by atoms with Gasteiger partial charge in [-0.05, 0) is 19.1 Å². The second-order valence-electron chi connectivity index (χ2n) is 4.34. The molecular formula is C14H15FN4S. The average Bonchev–Trinajstić information content (AvgIpc) is 3.02. The number of nitrogens with zero attached hydrogens (tertiary/aromatic N) is 3. The Morgan fingerprint density at radius 1 is 1.40 bits per heavy atom. The summed E-state index contributed by atoms with van der Waals surface area (Å²) in [7, 11) is 0. The smallest absolute Gasteiger partial charge is 0.195 e. The number of imidazole rings is 1. The van der Waals surface area contributed by atoms with Crippen molar-refractivity contribution in [1.29, 1.82) is 0 Å². The van der Waals surface area contributed by atoms with Gasteiger partial charge >= 0.3 is 0 Å². The molecule has 6 heteroatoms. The summed E-state index contributed by atoms with van der Waals surface area (Å²) in [6, 6.07) is 6.72. The van der Waals surface area contributed by atoms with Gasteiger partial charge in [-0.25, -0.2) is 9.37 Å². The second kappa shape index (κ2) is 5.22. The maximum absolute atomic E-state index is 14.0. The lowest BCUT2D eigenvalue weighted by Gasteiger charge is -2.22. The van der Waals surface area contributed by atoms with Crippen LogP contribution in [0.5, 0.6) is 0 Å². The summed E-state index contributed by atoms with van der Waals surface area (Å²) in [5.74, 6) is 0.473. The number of aromatic nitrogens is 2. The minimum atomic E-state index is -0.256. The molecule has 0 amide bonds. The fourth-order valence-electron chi connectivity index (χ4n) is 2.33. The van der Waals surface area contributed by atoms with Gasteiger partial charge in [0.25, 0.3) is 0 Å². The van der Waals surface area contributed by atoms with E-state index in [0.717, 1.165) is 16.5 Å². The number of halogens is 1. The van der Waals surface area contributed by atoms with Crippen LogP contribution in [0.3, 0.4) is 0 Å². The van der Waals surface area contributed by atoms with Crippen molar-refractivity contribution >= 4 is 27.8 Å². The van der Waals surface area contributed by atoms with Crippen LogP contribution in [0.25, 0.3) is 4.96 Å². The summed E-state index contributed by atoms with van der Waals surface area (Å²) in [6.45, 7) is 2.96. The molecule has 0 aliphatic heterocycles. The van der Waals surface area contributed by atoms with E-state index in [2.05, 4.69) is 4.98 Å². The van der Waals surface area contributed by atoms with Crippen molar-refractivity contribution in [2.45, 2.75) is 13.5 Å². The fraction of sp³-hybridized carbons (Fsp3) is 0.214. The molecule has 0 spiro atoms. The van der Waals surface area contributed by atoms with Crippen LogP contribution < -0.4 is 10.6 Å². The van der Waals surface area contributed by atoms with Crippen molar-refractivity contribution in [3.8, 4) is 0 Å². The third-order valence-electron chi connectivity index (χ3n) is 3.25. The number of rotatable bonds is 4. The second-order valence-corrected chi connectivity index (χ2v) is 5.21. The lowest BCUT2D eigenvalue weighted by Crippen LogP contribution is -2.20. The summed E-state index contributed by atoms with van der Waals surface area (Å²) in [4.78, 5) is 7.32. The number of hydrogen-bond donors (Lipinski definition) is 1. The highest BCUT2D eigenvalue weighted by Gasteiger charge is 2.20. The highest BCUT2D eigenvalue weighted by Crippen LogP contribution is 2.31. The SMILES string of the molecule is CCN(c1ccccc1F)c1nc2sccn2c1CN. The van der Waals surface area contributed by atoms with E-state index in [-0.39, 0.29) is 5.82 Å². The number of nitrogens with two attached hydrogens (primary N) is 1. The fourth-order valence-corrected chi connectivity index (χ4v) is 3.06. The Balaban J connectivity index is 2.16. The molecule has 0 saturated carbocycles. The van der Waals surface area contributed by atoms with Crippen molar-refractivity contribution in [2.75, 3.05) is 11.4 Å². The van der Waals surface area contributed by atoms with Crippen molar-refractivity contribution in [3.63, 3.8) is 0 Å². The molecule has 3 rings (SSSR count). The molecule has 3 aromatic rings. The molecule has 4 nitrogen and oxygen atoms in total. The Labute approximate surface area is 120 Å². The van der Waals surface area contributed by atoms with Crippen molar-refractivity contribution in [1.82, 2.24) is 9.38 Å². The van der Waals surface area contributed by atoms with E-state index in [1.165, 1.54) is 6.07 Å². The minimum absolute atomic E-state index is 0.256. The molecule has 2 N–H and O–H groups in total. The van der Waals surface area contributed by atoms with Crippen LogP contribution in [0.1, 0.15) is 12.6 Å². The van der Waals surface area contributed by atoms with E-state index in [1.54, 1.807) is 23.5 Å². The van der Waals surface area contributed by atoms with Gasteiger partial charge in [-0.3, -0.25) is 4.40 Å². The quantitative estimate of drug-likeness (QED) is 0.803. The molecule has 0 atom stereocenters. The van der Waals surface area contributed by atoms with Gasteiger partial charge in [0.1, 0.15) is 5.82 Å². The van der Waals surface area contributed by atoms with E-state index in [1.807, 2.05) is 33.9 Å².